The van der Waals surface area contributed by atoms with E-state index in [1.54, 1.807) is 37.4 Å². The van der Waals surface area contributed by atoms with Gasteiger partial charge in [-0.25, -0.2) is 4.39 Å². The van der Waals surface area contributed by atoms with Crippen molar-refractivity contribution in [3.63, 3.8) is 0 Å². The Morgan fingerprint density at radius 2 is 2.18 bits per heavy atom. The highest BCUT2D eigenvalue weighted by molar-refractivity contribution is 5.35. The van der Waals surface area contributed by atoms with Crippen LogP contribution >= 0.6 is 0 Å². The molecule has 1 heterocycles. The summed E-state index contributed by atoms with van der Waals surface area (Å²) in [6.07, 6.45) is 3.18. The van der Waals surface area contributed by atoms with Gasteiger partial charge < -0.3 is 10.5 Å². The zero-order valence-corrected chi connectivity index (χ0v) is 9.48. The number of nitrogens with zero attached hydrogens (tertiary/aromatic N) is 1. The topological polar surface area (TPSA) is 48.1 Å². The van der Waals surface area contributed by atoms with Crippen molar-refractivity contribution in [3.8, 4) is 11.5 Å². The number of halogens is 1. The molecule has 0 unspecified atom stereocenters. The van der Waals surface area contributed by atoms with Gasteiger partial charge in [-0.1, -0.05) is 12.1 Å². The number of ether oxygens (including phenoxy) is 1. The normalized spacial score (nSPS) is 10.3. The maximum Gasteiger partial charge on any atom is 0.168 e. The number of aromatic nitrogens is 1. The number of nitrogens with two attached hydrogens (primary N) is 1. The highest BCUT2D eigenvalue weighted by Gasteiger charge is 2.07. The summed E-state index contributed by atoms with van der Waals surface area (Å²) in [5.41, 5.74) is 6.89. The maximum atomic E-state index is 13.7. The molecule has 0 radical (unpaired) electrons. The quantitative estimate of drug-likeness (QED) is 0.885. The molecule has 0 fully saturated rings. The standard InChI is InChI=1S/C13H13FN2O/c1-9-3-2-4-12(13(9)14)17-11-5-10(6-15)7-16-8-11/h2-5,7-8H,6,15H2,1H3. The van der Waals surface area contributed by atoms with E-state index in [1.807, 2.05) is 0 Å². The average Bonchev–Trinajstić information content (AvgIpc) is 2.35. The summed E-state index contributed by atoms with van der Waals surface area (Å²) in [6.45, 7) is 2.07. The van der Waals surface area contributed by atoms with Crippen molar-refractivity contribution in [2.24, 2.45) is 5.73 Å². The molecule has 0 bridgehead atoms. The van der Waals surface area contributed by atoms with Crippen molar-refractivity contribution >= 4 is 0 Å². The second kappa shape index (κ2) is 4.93. The lowest BCUT2D eigenvalue weighted by Gasteiger charge is -2.08. The van der Waals surface area contributed by atoms with Gasteiger partial charge >= 0.3 is 0 Å². The fourth-order valence-corrected chi connectivity index (χ4v) is 1.46. The molecule has 0 aliphatic rings. The summed E-state index contributed by atoms with van der Waals surface area (Å²) < 4.78 is 19.1. The van der Waals surface area contributed by atoms with Crippen molar-refractivity contribution in [3.05, 3.63) is 53.6 Å². The largest absolute Gasteiger partial charge is 0.453 e. The van der Waals surface area contributed by atoms with Crippen LogP contribution < -0.4 is 10.5 Å². The molecule has 88 valence electrons. The van der Waals surface area contributed by atoms with Crippen molar-refractivity contribution in [2.75, 3.05) is 0 Å². The van der Waals surface area contributed by atoms with Gasteiger partial charge in [0.2, 0.25) is 0 Å². The molecule has 2 N–H and O–H groups in total. The van der Waals surface area contributed by atoms with Crippen LogP contribution in [0.15, 0.2) is 36.7 Å². The van der Waals surface area contributed by atoms with E-state index in [4.69, 9.17) is 10.5 Å². The SMILES string of the molecule is Cc1cccc(Oc2cncc(CN)c2)c1F. The Morgan fingerprint density at radius 1 is 1.35 bits per heavy atom. The monoisotopic (exact) mass is 232 g/mol. The fraction of sp³-hybridized carbons (Fsp3) is 0.154. The number of pyridine rings is 1. The van der Waals surface area contributed by atoms with Gasteiger partial charge in [0.1, 0.15) is 5.75 Å². The number of benzene rings is 1. The molecule has 2 rings (SSSR count). The Kier molecular flexibility index (Phi) is 3.35. The number of hydrogen-bond donors (Lipinski definition) is 1. The van der Waals surface area contributed by atoms with Crippen LogP contribution in [-0.2, 0) is 6.54 Å². The van der Waals surface area contributed by atoms with Gasteiger partial charge in [-0.3, -0.25) is 4.98 Å². The minimum absolute atomic E-state index is 0.195. The van der Waals surface area contributed by atoms with Gasteiger partial charge in [0.15, 0.2) is 11.6 Å². The minimum Gasteiger partial charge on any atom is -0.453 e. The van der Waals surface area contributed by atoms with E-state index in [2.05, 4.69) is 4.98 Å². The van der Waals surface area contributed by atoms with Crippen LogP contribution in [0.4, 0.5) is 4.39 Å². The third-order valence-corrected chi connectivity index (χ3v) is 2.39. The Bertz CT molecular complexity index is 529. The van der Waals surface area contributed by atoms with E-state index in [0.717, 1.165) is 5.56 Å². The highest BCUT2D eigenvalue weighted by atomic mass is 19.1. The van der Waals surface area contributed by atoms with Crippen molar-refractivity contribution in [1.82, 2.24) is 4.98 Å². The Morgan fingerprint density at radius 3 is 2.94 bits per heavy atom. The molecule has 2 aromatic rings. The Labute approximate surface area is 99.1 Å². The van der Waals surface area contributed by atoms with Crippen LogP contribution in [0.2, 0.25) is 0 Å². The fourth-order valence-electron chi connectivity index (χ4n) is 1.46. The zero-order valence-electron chi connectivity index (χ0n) is 9.48. The van der Waals surface area contributed by atoms with Gasteiger partial charge in [-0.05, 0) is 30.2 Å². The smallest absolute Gasteiger partial charge is 0.168 e. The predicted octanol–water partition coefficient (Wildman–Crippen LogP) is 2.78. The summed E-state index contributed by atoms with van der Waals surface area (Å²) in [7, 11) is 0. The first-order chi connectivity index (χ1) is 8.20. The molecule has 1 aromatic heterocycles. The van der Waals surface area contributed by atoms with Crippen LogP contribution in [0.3, 0.4) is 0 Å². The van der Waals surface area contributed by atoms with Crippen LogP contribution in [-0.4, -0.2) is 4.98 Å². The third-order valence-electron chi connectivity index (χ3n) is 2.39. The van der Waals surface area contributed by atoms with E-state index >= 15 is 0 Å². The Hall–Kier alpha value is -1.94. The first kappa shape index (κ1) is 11.5. The average molecular weight is 232 g/mol. The molecule has 17 heavy (non-hydrogen) atoms. The molecule has 0 saturated carbocycles. The molecule has 0 amide bonds. The molecular weight excluding hydrogens is 219 g/mol. The zero-order chi connectivity index (χ0) is 12.3. The molecule has 0 aliphatic heterocycles. The first-order valence-corrected chi connectivity index (χ1v) is 5.27. The van der Waals surface area contributed by atoms with Gasteiger partial charge in [0.25, 0.3) is 0 Å². The lowest BCUT2D eigenvalue weighted by atomic mass is 10.2. The highest BCUT2D eigenvalue weighted by Crippen LogP contribution is 2.25. The lowest BCUT2D eigenvalue weighted by molar-refractivity contribution is 0.438. The molecule has 0 saturated heterocycles. The molecule has 3 nitrogen and oxygen atoms in total. The van der Waals surface area contributed by atoms with E-state index in [0.29, 0.717) is 17.9 Å². The summed E-state index contributed by atoms with van der Waals surface area (Å²) in [5, 5.41) is 0. The molecule has 0 atom stereocenters. The van der Waals surface area contributed by atoms with Crippen LogP contribution in [0, 0.1) is 12.7 Å². The van der Waals surface area contributed by atoms with E-state index < -0.39 is 0 Å². The Balaban J connectivity index is 2.28. The summed E-state index contributed by atoms with van der Waals surface area (Å²) in [5.74, 6) is 0.323. The van der Waals surface area contributed by atoms with Crippen molar-refractivity contribution < 1.29 is 9.13 Å². The van der Waals surface area contributed by atoms with Crippen molar-refractivity contribution in [1.29, 1.82) is 0 Å². The first-order valence-electron chi connectivity index (χ1n) is 5.27. The van der Waals surface area contributed by atoms with Gasteiger partial charge in [0.05, 0.1) is 6.20 Å². The lowest BCUT2D eigenvalue weighted by Crippen LogP contribution is -1.98. The maximum absolute atomic E-state index is 13.7. The van der Waals surface area contributed by atoms with Crippen LogP contribution in [0.5, 0.6) is 11.5 Å². The molecule has 4 heteroatoms. The van der Waals surface area contributed by atoms with Crippen LogP contribution in [0.1, 0.15) is 11.1 Å². The summed E-state index contributed by atoms with van der Waals surface area (Å²) in [6, 6.07) is 6.76. The second-order valence-electron chi connectivity index (χ2n) is 3.72. The molecule has 0 aliphatic carbocycles. The van der Waals surface area contributed by atoms with Gasteiger partial charge in [0, 0.05) is 12.7 Å². The summed E-state index contributed by atoms with van der Waals surface area (Å²) in [4.78, 5) is 3.98. The minimum atomic E-state index is -0.356. The predicted molar refractivity (Wildman–Crippen MR) is 63.3 cm³/mol. The molecular formula is C13H13FN2O. The van der Waals surface area contributed by atoms with E-state index in [9.17, 15) is 4.39 Å². The van der Waals surface area contributed by atoms with Gasteiger partial charge in [-0.2, -0.15) is 0 Å². The third kappa shape index (κ3) is 2.60. The van der Waals surface area contributed by atoms with Crippen LogP contribution in [0.25, 0.3) is 0 Å². The number of hydrogen-bond acceptors (Lipinski definition) is 3. The van der Waals surface area contributed by atoms with Gasteiger partial charge in [-0.15, -0.1) is 0 Å². The molecule has 1 aromatic carbocycles. The van der Waals surface area contributed by atoms with Crippen molar-refractivity contribution in [2.45, 2.75) is 13.5 Å². The molecule has 0 spiro atoms. The van der Waals surface area contributed by atoms with E-state index in [-0.39, 0.29) is 11.6 Å². The number of aryl methyl sites for hydroxylation is 1. The second-order valence-corrected chi connectivity index (χ2v) is 3.72. The summed E-state index contributed by atoms with van der Waals surface area (Å²) >= 11 is 0. The van der Waals surface area contributed by atoms with E-state index in [1.165, 1.54) is 6.20 Å². The number of rotatable bonds is 3.